The average molecular weight is 410 g/mol. The topological polar surface area (TPSA) is 66.5 Å². The van der Waals surface area contributed by atoms with Crippen LogP contribution in [-0.2, 0) is 6.42 Å². The van der Waals surface area contributed by atoms with Gasteiger partial charge in [-0.3, -0.25) is 19.3 Å². The van der Waals surface area contributed by atoms with E-state index in [9.17, 15) is 14.4 Å². The summed E-state index contributed by atoms with van der Waals surface area (Å²) in [6.45, 7) is 0.152. The Morgan fingerprint density at radius 1 is 0.806 bits per heavy atom. The Morgan fingerprint density at radius 3 is 1.97 bits per heavy atom. The highest BCUT2D eigenvalue weighted by atomic mass is 16.2. The number of nitrogens with zero attached hydrogens (tertiary/aromatic N) is 1. The SMILES string of the molecule is O=C(N[C@H](/C=C/CN1C(=O)c2ccccc2C1=O)Cc1ccccc1)c1ccccc1. The molecule has 3 aromatic rings. The zero-order valence-electron chi connectivity index (χ0n) is 16.9. The van der Waals surface area contributed by atoms with E-state index in [0.29, 0.717) is 23.1 Å². The molecule has 0 fully saturated rings. The van der Waals surface area contributed by atoms with Gasteiger partial charge in [0.15, 0.2) is 0 Å². The largest absolute Gasteiger partial charge is 0.346 e. The summed E-state index contributed by atoms with van der Waals surface area (Å²) < 4.78 is 0. The molecule has 0 spiro atoms. The lowest BCUT2D eigenvalue weighted by atomic mass is 10.0. The Morgan fingerprint density at radius 2 is 1.35 bits per heavy atom. The minimum absolute atomic E-state index is 0.152. The maximum absolute atomic E-state index is 12.7. The van der Waals surface area contributed by atoms with Crippen LogP contribution in [-0.4, -0.2) is 35.2 Å². The van der Waals surface area contributed by atoms with Crippen LogP contribution in [0.2, 0.25) is 0 Å². The molecule has 0 radical (unpaired) electrons. The molecule has 0 aliphatic carbocycles. The number of rotatable bonds is 7. The number of imide groups is 1. The van der Waals surface area contributed by atoms with Gasteiger partial charge in [-0.15, -0.1) is 0 Å². The highest BCUT2D eigenvalue weighted by Gasteiger charge is 2.34. The molecule has 1 N–H and O–H groups in total. The fourth-order valence-corrected chi connectivity index (χ4v) is 3.61. The predicted molar refractivity (Wildman–Crippen MR) is 119 cm³/mol. The third-order valence-corrected chi connectivity index (χ3v) is 5.19. The first-order valence-electron chi connectivity index (χ1n) is 10.1. The minimum Gasteiger partial charge on any atom is -0.346 e. The second kappa shape index (κ2) is 9.22. The van der Waals surface area contributed by atoms with Gasteiger partial charge in [0.2, 0.25) is 0 Å². The van der Waals surface area contributed by atoms with E-state index in [1.54, 1.807) is 42.5 Å². The van der Waals surface area contributed by atoms with E-state index in [0.717, 1.165) is 5.56 Å². The first-order valence-corrected chi connectivity index (χ1v) is 10.1. The Bertz CT molecular complexity index is 1090. The minimum atomic E-state index is -0.293. The number of hydrogen-bond acceptors (Lipinski definition) is 3. The third-order valence-electron chi connectivity index (χ3n) is 5.19. The van der Waals surface area contributed by atoms with Crippen molar-refractivity contribution >= 4 is 17.7 Å². The zero-order chi connectivity index (χ0) is 21.6. The van der Waals surface area contributed by atoms with E-state index in [4.69, 9.17) is 0 Å². The van der Waals surface area contributed by atoms with Crippen LogP contribution < -0.4 is 5.32 Å². The summed E-state index contributed by atoms with van der Waals surface area (Å²) in [4.78, 5) is 39.0. The van der Waals surface area contributed by atoms with Gasteiger partial charge in [0.25, 0.3) is 17.7 Å². The quantitative estimate of drug-likeness (QED) is 0.475. The van der Waals surface area contributed by atoms with Gasteiger partial charge in [-0.25, -0.2) is 0 Å². The van der Waals surface area contributed by atoms with Crippen molar-refractivity contribution < 1.29 is 14.4 Å². The average Bonchev–Trinajstić information content (AvgIpc) is 3.05. The number of fused-ring (bicyclic) bond motifs is 1. The van der Waals surface area contributed by atoms with Crippen molar-refractivity contribution in [3.8, 4) is 0 Å². The van der Waals surface area contributed by atoms with Crippen LogP contribution in [0.5, 0.6) is 0 Å². The number of benzene rings is 3. The van der Waals surface area contributed by atoms with E-state index in [1.165, 1.54) is 4.90 Å². The van der Waals surface area contributed by atoms with Crippen molar-refractivity contribution in [1.82, 2.24) is 10.2 Å². The second-order valence-corrected chi connectivity index (χ2v) is 7.33. The molecule has 31 heavy (non-hydrogen) atoms. The number of carbonyl (C=O) groups excluding carboxylic acids is 3. The molecular weight excluding hydrogens is 388 g/mol. The summed E-state index contributed by atoms with van der Waals surface area (Å²) in [6, 6.07) is 25.4. The first-order chi connectivity index (χ1) is 15.1. The van der Waals surface area contributed by atoms with Crippen molar-refractivity contribution in [2.45, 2.75) is 12.5 Å². The maximum Gasteiger partial charge on any atom is 0.261 e. The molecule has 0 bridgehead atoms. The lowest BCUT2D eigenvalue weighted by molar-refractivity contribution is 0.0671. The van der Waals surface area contributed by atoms with Gasteiger partial charge in [0.1, 0.15) is 0 Å². The summed E-state index contributed by atoms with van der Waals surface area (Å²) in [5.41, 5.74) is 2.51. The Hall–Kier alpha value is -3.99. The fourth-order valence-electron chi connectivity index (χ4n) is 3.61. The van der Waals surface area contributed by atoms with Gasteiger partial charge in [0, 0.05) is 12.1 Å². The van der Waals surface area contributed by atoms with Crippen LogP contribution in [0.25, 0.3) is 0 Å². The summed E-state index contributed by atoms with van der Waals surface area (Å²) in [5, 5.41) is 3.03. The van der Waals surface area contributed by atoms with Gasteiger partial charge in [-0.2, -0.15) is 0 Å². The molecule has 1 aliphatic rings. The molecule has 3 aromatic carbocycles. The molecular formula is C26H22N2O3. The molecule has 5 heteroatoms. The lowest BCUT2D eigenvalue weighted by Crippen LogP contribution is -2.35. The van der Waals surface area contributed by atoms with Gasteiger partial charge in [-0.1, -0.05) is 72.8 Å². The van der Waals surface area contributed by atoms with Crippen molar-refractivity contribution in [3.63, 3.8) is 0 Å². The smallest absolute Gasteiger partial charge is 0.261 e. The van der Waals surface area contributed by atoms with Crippen LogP contribution in [0.15, 0.2) is 97.1 Å². The second-order valence-electron chi connectivity index (χ2n) is 7.33. The van der Waals surface area contributed by atoms with Crippen molar-refractivity contribution in [2.24, 2.45) is 0 Å². The van der Waals surface area contributed by atoms with Crippen molar-refractivity contribution in [3.05, 3.63) is 119 Å². The van der Waals surface area contributed by atoms with Crippen LogP contribution in [0.3, 0.4) is 0 Å². The van der Waals surface area contributed by atoms with Crippen molar-refractivity contribution in [2.75, 3.05) is 6.54 Å². The highest BCUT2D eigenvalue weighted by molar-refractivity contribution is 6.21. The maximum atomic E-state index is 12.7. The standard InChI is InChI=1S/C26H22N2O3/c29-24(20-12-5-2-6-13-20)27-21(18-19-10-3-1-4-11-19)14-9-17-28-25(30)22-15-7-8-16-23(22)26(28)31/h1-16,21H,17-18H2,(H,27,29)/b14-9+/t21-/m1/s1. The molecule has 0 aromatic heterocycles. The summed E-state index contributed by atoms with van der Waals surface area (Å²) in [6.07, 6.45) is 4.20. The van der Waals surface area contributed by atoms with Gasteiger partial charge in [0.05, 0.1) is 17.2 Å². The Labute approximate surface area is 181 Å². The number of nitrogens with one attached hydrogen (secondary N) is 1. The molecule has 4 rings (SSSR count). The van der Waals surface area contributed by atoms with Crippen LogP contribution in [0, 0.1) is 0 Å². The van der Waals surface area contributed by atoms with Gasteiger partial charge in [-0.05, 0) is 36.2 Å². The molecule has 1 heterocycles. The van der Waals surface area contributed by atoms with Crippen molar-refractivity contribution in [1.29, 1.82) is 0 Å². The molecule has 0 saturated heterocycles. The summed E-state index contributed by atoms with van der Waals surface area (Å²) >= 11 is 0. The molecule has 3 amide bonds. The molecule has 0 unspecified atom stereocenters. The monoisotopic (exact) mass is 410 g/mol. The van der Waals surface area contributed by atoms with E-state index in [-0.39, 0.29) is 30.3 Å². The van der Waals surface area contributed by atoms with Gasteiger partial charge >= 0.3 is 0 Å². The molecule has 1 aliphatic heterocycles. The van der Waals surface area contributed by atoms with Crippen LogP contribution >= 0.6 is 0 Å². The normalized spacial score (nSPS) is 14.0. The van der Waals surface area contributed by atoms with E-state index in [2.05, 4.69) is 5.32 Å². The molecule has 1 atom stereocenters. The zero-order valence-corrected chi connectivity index (χ0v) is 16.9. The first kappa shape index (κ1) is 20.3. The van der Waals surface area contributed by atoms with Crippen LogP contribution in [0.4, 0.5) is 0 Å². The number of carbonyl (C=O) groups is 3. The number of hydrogen-bond donors (Lipinski definition) is 1. The molecule has 5 nitrogen and oxygen atoms in total. The molecule has 154 valence electrons. The Kier molecular flexibility index (Phi) is 6.03. The highest BCUT2D eigenvalue weighted by Crippen LogP contribution is 2.22. The van der Waals surface area contributed by atoms with E-state index < -0.39 is 0 Å². The Balaban J connectivity index is 1.48. The predicted octanol–water partition coefficient (Wildman–Crippen LogP) is 3.88. The lowest BCUT2D eigenvalue weighted by Gasteiger charge is -2.17. The number of amides is 3. The van der Waals surface area contributed by atoms with E-state index >= 15 is 0 Å². The summed E-state index contributed by atoms with van der Waals surface area (Å²) in [5.74, 6) is -0.761. The third kappa shape index (κ3) is 4.61. The van der Waals surface area contributed by atoms with Crippen LogP contribution in [0.1, 0.15) is 36.6 Å². The summed E-state index contributed by atoms with van der Waals surface area (Å²) in [7, 11) is 0. The van der Waals surface area contributed by atoms with Gasteiger partial charge < -0.3 is 5.32 Å². The fraction of sp³-hybridized carbons (Fsp3) is 0.115. The molecule has 0 saturated carbocycles. The van der Waals surface area contributed by atoms with E-state index in [1.807, 2.05) is 54.6 Å².